The van der Waals surface area contributed by atoms with Crippen molar-refractivity contribution in [1.82, 2.24) is 0 Å². The van der Waals surface area contributed by atoms with Crippen LogP contribution in [0.25, 0.3) is 0 Å². The van der Waals surface area contributed by atoms with Crippen LogP contribution in [0, 0.1) is 11.7 Å². The van der Waals surface area contributed by atoms with Crippen molar-refractivity contribution >= 4 is 0 Å². The Labute approximate surface area is 102 Å². The predicted molar refractivity (Wildman–Crippen MR) is 66.2 cm³/mol. The summed E-state index contributed by atoms with van der Waals surface area (Å²) in [6.07, 6.45) is 4.05. The highest BCUT2D eigenvalue weighted by molar-refractivity contribution is 5.22. The van der Waals surface area contributed by atoms with E-state index in [1.807, 2.05) is 6.07 Å². The van der Waals surface area contributed by atoms with Crippen LogP contribution in [0.4, 0.5) is 4.39 Å². The fraction of sp³-hybridized carbons (Fsp3) is 0.571. The maximum Gasteiger partial charge on any atom is 0.123 e. The number of aliphatic hydroxyl groups is 1. The Hall–Kier alpha value is -0.930. The van der Waals surface area contributed by atoms with E-state index in [1.54, 1.807) is 6.07 Å². The van der Waals surface area contributed by atoms with Crippen molar-refractivity contribution in [3.05, 3.63) is 35.6 Å². The zero-order valence-corrected chi connectivity index (χ0v) is 9.98. The van der Waals surface area contributed by atoms with Gasteiger partial charge in [0.15, 0.2) is 0 Å². The first-order valence-corrected chi connectivity index (χ1v) is 6.36. The SMILES string of the molecule is NCC(c1cccc(F)c1)C(O)C1CCCC1. The normalized spacial score (nSPS) is 20.4. The van der Waals surface area contributed by atoms with E-state index in [0.29, 0.717) is 12.5 Å². The summed E-state index contributed by atoms with van der Waals surface area (Å²) in [6, 6.07) is 6.42. The van der Waals surface area contributed by atoms with Crippen molar-refractivity contribution < 1.29 is 9.50 Å². The second-order valence-corrected chi connectivity index (χ2v) is 4.93. The minimum absolute atomic E-state index is 0.145. The quantitative estimate of drug-likeness (QED) is 0.844. The number of aliphatic hydroxyl groups excluding tert-OH is 1. The Kier molecular flexibility index (Phi) is 4.13. The molecule has 17 heavy (non-hydrogen) atoms. The van der Waals surface area contributed by atoms with Gasteiger partial charge in [0.2, 0.25) is 0 Å². The molecule has 0 bridgehead atoms. The Balaban J connectivity index is 2.14. The van der Waals surface area contributed by atoms with Gasteiger partial charge in [-0.25, -0.2) is 4.39 Å². The molecule has 0 spiro atoms. The van der Waals surface area contributed by atoms with Crippen LogP contribution in [0.15, 0.2) is 24.3 Å². The summed E-state index contributed by atoms with van der Waals surface area (Å²) in [7, 11) is 0. The third-order valence-electron chi connectivity index (χ3n) is 3.83. The molecule has 3 N–H and O–H groups in total. The van der Waals surface area contributed by atoms with E-state index in [1.165, 1.54) is 25.0 Å². The number of hydrogen-bond acceptors (Lipinski definition) is 2. The van der Waals surface area contributed by atoms with Crippen LogP contribution in [-0.2, 0) is 0 Å². The standard InChI is InChI=1S/C14H20FNO/c15-12-7-3-6-11(8-12)13(9-16)14(17)10-4-1-2-5-10/h3,6-8,10,13-14,17H,1-2,4-5,9,16H2. The van der Waals surface area contributed by atoms with E-state index in [-0.39, 0.29) is 11.7 Å². The van der Waals surface area contributed by atoms with Crippen LogP contribution < -0.4 is 5.73 Å². The summed E-state index contributed by atoms with van der Waals surface area (Å²) in [4.78, 5) is 0. The molecule has 1 aromatic carbocycles. The smallest absolute Gasteiger partial charge is 0.123 e. The maximum atomic E-state index is 13.2. The molecule has 1 aromatic rings. The minimum atomic E-state index is -0.440. The Morgan fingerprint density at radius 3 is 2.65 bits per heavy atom. The van der Waals surface area contributed by atoms with Gasteiger partial charge in [0.1, 0.15) is 5.82 Å². The second-order valence-electron chi connectivity index (χ2n) is 4.93. The number of hydrogen-bond donors (Lipinski definition) is 2. The van der Waals surface area contributed by atoms with Crippen molar-refractivity contribution in [2.45, 2.75) is 37.7 Å². The highest BCUT2D eigenvalue weighted by atomic mass is 19.1. The zero-order valence-electron chi connectivity index (χ0n) is 9.98. The van der Waals surface area contributed by atoms with Crippen molar-refractivity contribution in [3.8, 4) is 0 Å². The van der Waals surface area contributed by atoms with Gasteiger partial charge in [-0.15, -0.1) is 0 Å². The Morgan fingerprint density at radius 1 is 1.35 bits per heavy atom. The van der Waals surface area contributed by atoms with Crippen molar-refractivity contribution in [2.75, 3.05) is 6.54 Å². The summed E-state index contributed by atoms with van der Waals surface area (Å²) < 4.78 is 13.2. The number of rotatable bonds is 4. The lowest BCUT2D eigenvalue weighted by molar-refractivity contribution is 0.0850. The molecule has 0 amide bonds. The molecular weight excluding hydrogens is 217 g/mol. The highest BCUT2D eigenvalue weighted by Gasteiger charge is 2.30. The Morgan fingerprint density at radius 2 is 2.06 bits per heavy atom. The lowest BCUT2D eigenvalue weighted by Crippen LogP contribution is -2.31. The van der Waals surface area contributed by atoms with Gasteiger partial charge in [-0.1, -0.05) is 25.0 Å². The van der Waals surface area contributed by atoms with Gasteiger partial charge in [0, 0.05) is 12.5 Å². The number of nitrogens with two attached hydrogens (primary N) is 1. The molecule has 0 radical (unpaired) electrons. The first-order chi connectivity index (χ1) is 8.22. The molecule has 2 nitrogen and oxygen atoms in total. The molecule has 2 atom stereocenters. The third kappa shape index (κ3) is 2.85. The van der Waals surface area contributed by atoms with E-state index in [0.717, 1.165) is 18.4 Å². The van der Waals surface area contributed by atoms with Crippen molar-refractivity contribution in [3.63, 3.8) is 0 Å². The molecular formula is C14H20FNO. The fourth-order valence-electron chi connectivity index (χ4n) is 2.84. The maximum absolute atomic E-state index is 13.2. The fourth-order valence-corrected chi connectivity index (χ4v) is 2.84. The monoisotopic (exact) mass is 237 g/mol. The number of halogens is 1. The molecule has 0 aromatic heterocycles. The van der Waals surface area contributed by atoms with Crippen LogP contribution >= 0.6 is 0 Å². The largest absolute Gasteiger partial charge is 0.392 e. The van der Waals surface area contributed by atoms with E-state index in [4.69, 9.17) is 5.73 Å². The van der Waals surface area contributed by atoms with Gasteiger partial charge < -0.3 is 10.8 Å². The van der Waals surface area contributed by atoms with Crippen LogP contribution in [0.3, 0.4) is 0 Å². The molecule has 0 saturated heterocycles. The molecule has 2 rings (SSSR count). The summed E-state index contributed by atoms with van der Waals surface area (Å²) in [5.41, 5.74) is 6.55. The summed E-state index contributed by atoms with van der Waals surface area (Å²) in [5.74, 6) is -0.0832. The highest BCUT2D eigenvalue weighted by Crippen LogP contribution is 2.34. The molecule has 0 aliphatic heterocycles. The van der Waals surface area contributed by atoms with E-state index in [2.05, 4.69) is 0 Å². The second kappa shape index (κ2) is 5.61. The molecule has 0 heterocycles. The number of benzene rings is 1. The van der Waals surface area contributed by atoms with Crippen LogP contribution in [0.1, 0.15) is 37.2 Å². The Bertz CT molecular complexity index is 363. The van der Waals surface area contributed by atoms with Gasteiger partial charge in [-0.3, -0.25) is 0 Å². The van der Waals surface area contributed by atoms with Crippen LogP contribution in [0.5, 0.6) is 0 Å². The van der Waals surface area contributed by atoms with Gasteiger partial charge in [0.25, 0.3) is 0 Å². The zero-order chi connectivity index (χ0) is 12.3. The summed E-state index contributed by atoms with van der Waals surface area (Å²) in [5, 5.41) is 10.4. The first kappa shape index (κ1) is 12.5. The third-order valence-corrected chi connectivity index (χ3v) is 3.83. The lowest BCUT2D eigenvalue weighted by atomic mass is 9.85. The summed E-state index contributed by atoms with van der Waals surface area (Å²) >= 11 is 0. The topological polar surface area (TPSA) is 46.2 Å². The molecule has 1 aliphatic carbocycles. The van der Waals surface area contributed by atoms with Gasteiger partial charge in [0.05, 0.1) is 6.10 Å². The minimum Gasteiger partial charge on any atom is -0.392 e. The van der Waals surface area contributed by atoms with Crippen molar-refractivity contribution in [2.24, 2.45) is 11.7 Å². The van der Waals surface area contributed by atoms with Crippen molar-refractivity contribution in [1.29, 1.82) is 0 Å². The van der Waals surface area contributed by atoms with Gasteiger partial charge >= 0.3 is 0 Å². The van der Waals surface area contributed by atoms with Crippen LogP contribution in [-0.4, -0.2) is 17.8 Å². The first-order valence-electron chi connectivity index (χ1n) is 6.36. The molecule has 1 aliphatic rings. The molecule has 94 valence electrons. The molecule has 1 saturated carbocycles. The van der Waals surface area contributed by atoms with Crippen LogP contribution in [0.2, 0.25) is 0 Å². The summed E-state index contributed by atoms with van der Waals surface area (Å²) in [6.45, 7) is 0.362. The predicted octanol–water partition coefficient (Wildman–Crippen LogP) is 2.42. The van der Waals surface area contributed by atoms with E-state index in [9.17, 15) is 9.50 Å². The average Bonchev–Trinajstić information content (AvgIpc) is 2.83. The van der Waals surface area contributed by atoms with E-state index < -0.39 is 6.10 Å². The van der Waals surface area contributed by atoms with E-state index >= 15 is 0 Å². The average molecular weight is 237 g/mol. The lowest BCUT2D eigenvalue weighted by Gasteiger charge is -2.26. The molecule has 3 heteroatoms. The molecule has 1 fully saturated rings. The molecule has 2 unspecified atom stereocenters. The van der Waals surface area contributed by atoms with Gasteiger partial charge in [-0.05, 0) is 36.5 Å². The van der Waals surface area contributed by atoms with Gasteiger partial charge in [-0.2, -0.15) is 0 Å².